The number of hydrogen-bond acceptors (Lipinski definition) is 3. The topological polar surface area (TPSA) is 50.2 Å². The van der Waals surface area contributed by atoms with Gasteiger partial charge in [-0.25, -0.2) is 4.68 Å². The van der Waals surface area contributed by atoms with Crippen molar-refractivity contribution in [1.29, 1.82) is 0 Å². The van der Waals surface area contributed by atoms with Crippen molar-refractivity contribution >= 4 is 29.0 Å². The number of rotatable bonds is 4. The minimum absolute atomic E-state index is 0.00236. The van der Waals surface area contributed by atoms with Gasteiger partial charge in [0.1, 0.15) is 5.82 Å². The predicted molar refractivity (Wildman–Crippen MR) is 100 cm³/mol. The van der Waals surface area contributed by atoms with Crippen LogP contribution in [0.4, 0.5) is 11.5 Å². The van der Waals surface area contributed by atoms with E-state index in [0.717, 1.165) is 48.8 Å². The molecule has 2 heterocycles. The first-order valence-electron chi connectivity index (χ1n) is 9.07. The van der Waals surface area contributed by atoms with Gasteiger partial charge in [0.15, 0.2) is 0 Å². The van der Waals surface area contributed by atoms with Crippen LogP contribution in [0.5, 0.6) is 0 Å². The summed E-state index contributed by atoms with van der Waals surface area (Å²) in [6.45, 7) is 1.24. The fourth-order valence-corrected chi connectivity index (χ4v) is 4.21. The number of nitrogens with one attached hydrogen (secondary N) is 1. The van der Waals surface area contributed by atoms with Gasteiger partial charge in [-0.2, -0.15) is 5.10 Å². The van der Waals surface area contributed by atoms with Gasteiger partial charge in [-0.05, 0) is 49.4 Å². The average molecular weight is 359 g/mol. The fraction of sp³-hybridized carbons (Fsp3) is 0.474. The van der Waals surface area contributed by atoms with Crippen LogP contribution in [-0.4, -0.2) is 28.8 Å². The molecule has 0 spiro atoms. The number of amides is 1. The number of aromatic nitrogens is 2. The second kappa shape index (κ2) is 7.08. The van der Waals surface area contributed by atoms with E-state index in [1.165, 1.54) is 18.4 Å². The lowest BCUT2D eigenvalue weighted by atomic mass is 10.0. The van der Waals surface area contributed by atoms with Gasteiger partial charge in [-0.1, -0.05) is 24.4 Å². The summed E-state index contributed by atoms with van der Waals surface area (Å²) in [5.41, 5.74) is 2.35. The standard InChI is InChI=1S/C19H23ClN4O/c20-15-7-8-17-14(12-15)4-3-11-23(17)13-19(25)22-18-9-10-21-24(18)16-5-1-2-6-16/h7-10,12,16H,1-6,11,13H2,(H,22,25). The third-order valence-corrected chi connectivity index (χ3v) is 5.43. The Hall–Kier alpha value is -2.01. The van der Waals surface area contributed by atoms with E-state index in [9.17, 15) is 4.79 Å². The highest BCUT2D eigenvalue weighted by molar-refractivity contribution is 6.30. The molecule has 2 aromatic rings. The van der Waals surface area contributed by atoms with E-state index in [-0.39, 0.29) is 5.91 Å². The highest BCUT2D eigenvalue weighted by atomic mass is 35.5. The summed E-state index contributed by atoms with van der Waals surface area (Å²) in [4.78, 5) is 14.7. The average Bonchev–Trinajstić information content (AvgIpc) is 3.25. The molecule has 0 saturated heterocycles. The van der Waals surface area contributed by atoms with E-state index >= 15 is 0 Å². The second-order valence-corrected chi connectivity index (χ2v) is 7.38. The Bertz CT molecular complexity index is 767. The molecule has 1 aromatic carbocycles. The summed E-state index contributed by atoms with van der Waals surface area (Å²) in [5.74, 6) is 0.813. The Labute approximate surface area is 153 Å². The van der Waals surface area contributed by atoms with Crippen LogP contribution < -0.4 is 10.2 Å². The van der Waals surface area contributed by atoms with Crippen molar-refractivity contribution in [1.82, 2.24) is 9.78 Å². The van der Waals surface area contributed by atoms with E-state index in [2.05, 4.69) is 15.3 Å². The summed E-state index contributed by atoms with van der Waals surface area (Å²) < 4.78 is 1.98. The summed E-state index contributed by atoms with van der Waals surface area (Å²) in [7, 11) is 0. The van der Waals surface area contributed by atoms with E-state index in [1.54, 1.807) is 6.20 Å². The van der Waals surface area contributed by atoms with Crippen LogP contribution in [0.1, 0.15) is 43.7 Å². The van der Waals surface area contributed by atoms with Gasteiger partial charge in [-0.15, -0.1) is 0 Å². The summed E-state index contributed by atoms with van der Waals surface area (Å²) in [6.07, 6.45) is 8.60. The zero-order valence-corrected chi connectivity index (χ0v) is 15.0. The molecule has 0 atom stereocenters. The maximum atomic E-state index is 12.6. The van der Waals surface area contributed by atoms with Gasteiger partial charge in [0, 0.05) is 23.3 Å². The molecule has 2 aliphatic rings. The van der Waals surface area contributed by atoms with Gasteiger partial charge in [0.2, 0.25) is 5.91 Å². The van der Waals surface area contributed by atoms with Crippen molar-refractivity contribution in [2.24, 2.45) is 0 Å². The van der Waals surface area contributed by atoms with Gasteiger partial charge >= 0.3 is 0 Å². The Morgan fingerprint density at radius 3 is 2.92 bits per heavy atom. The van der Waals surface area contributed by atoms with Crippen LogP contribution in [0.15, 0.2) is 30.5 Å². The number of halogens is 1. The maximum absolute atomic E-state index is 12.6. The molecule has 4 rings (SSSR count). The lowest BCUT2D eigenvalue weighted by Gasteiger charge is -2.31. The molecule has 6 heteroatoms. The smallest absolute Gasteiger partial charge is 0.245 e. The van der Waals surface area contributed by atoms with Crippen LogP contribution in [0.3, 0.4) is 0 Å². The Morgan fingerprint density at radius 2 is 2.08 bits per heavy atom. The molecular formula is C19H23ClN4O. The Morgan fingerprint density at radius 1 is 1.24 bits per heavy atom. The zero-order chi connectivity index (χ0) is 17.2. The van der Waals surface area contributed by atoms with Crippen molar-refractivity contribution in [3.05, 3.63) is 41.0 Å². The fourth-order valence-electron chi connectivity index (χ4n) is 4.02. The maximum Gasteiger partial charge on any atom is 0.245 e. The van der Waals surface area contributed by atoms with Gasteiger partial charge in [0.25, 0.3) is 0 Å². The van der Waals surface area contributed by atoms with E-state index in [0.29, 0.717) is 12.6 Å². The summed E-state index contributed by atoms with van der Waals surface area (Å²) in [6, 6.07) is 8.23. The highest BCUT2D eigenvalue weighted by Crippen LogP contribution is 2.32. The SMILES string of the molecule is O=C(CN1CCCc2cc(Cl)ccc21)Nc1ccnn1C1CCCC1. The molecule has 0 unspecified atom stereocenters. The molecule has 1 aliphatic heterocycles. The van der Waals surface area contributed by atoms with Crippen molar-refractivity contribution < 1.29 is 4.79 Å². The molecule has 1 aromatic heterocycles. The van der Waals surface area contributed by atoms with Crippen molar-refractivity contribution in [3.63, 3.8) is 0 Å². The number of benzene rings is 1. The largest absolute Gasteiger partial charge is 0.362 e. The first-order valence-corrected chi connectivity index (χ1v) is 9.45. The number of aryl methyl sites for hydroxylation is 1. The van der Waals surface area contributed by atoms with Gasteiger partial charge < -0.3 is 10.2 Å². The van der Waals surface area contributed by atoms with Crippen molar-refractivity contribution in [3.8, 4) is 0 Å². The Balaban J connectivity index is 1.45. The summed E-state index contributed by atoms with van der Waals surface area (Å²) in [5, 5.41) is 8.22. The lowest BCUT2D eigenvalue weighted by Crippen LogP contribution is -2.37. The van der Waals surface area contributed by atoms with E-state index in [4.69, 9.17) is 11.6 Å². The second-order valence-electron chi connectivity index (χ2n) is 6.95. The normalized spacial score (nSPS) is 17.6. The van der Waals surface area contributed by atoms with Gasteiger partial charge in [0.05, 0.1) is 18.8 Å². The minimum Gasteiger partial charge on any atom is -0.362 e. The molecule has 1 N–H and O–H groups in total. The molecule has 1 amide bonds. The zero-order valence-electron chi connectivity index (χ0n) is 14.2. The number of anilines is 2. The minimum atomic E-state index is 0.00236. The molecular weight excluding hydrogens is 336 g/mol. The van der Waals surface area contributed by atoms with Crippen LogP contribution in [0.25, 0.3) is 0 Å². The molecule has 0 bridgehead atoms. The van der Waals surface area contributed by atoms with Crippen LogP contribution in [0, 0.1) is 0 Å². The molecule has 1 saturated carbocycles. The van der Waals surface area contributed by atoms with Crippen LogP contribution in [0.2, 0.25) is 5.02 Å². The quantitative estimate of drug-likeness (QED) is 0.897. The first-order chi connectivity index (χ1) is 12.2. The Kier molecular flexibility index (Phi) is 4.66. The van der Waals surface area contributed by atoms with Crippen LogP contribution in [-0.2, 0) is 11.2 Å². The molecule has 1 fully saturated rings. The van der Waals surface area contributed by atoms with E-state index < -0.39 is 0 Å². The van der Waals surface area contributed by atoms with Crippen molar-refractivity contribution in [2.75, 3.05) is 23.3 Å². The molecule has 0 radical (unpaired) electrons. The summed E-state index contributed by atoms with van der Waals surface area (Å²) >= 11 is 6.10. The number of nitrogens with zero attached hydrogens (tertiary/aromatic N) is 3. The highest BCUT2D eigenvalue weighted by Gasteiger charge is 2.22. The van der Waals surface area contributed by atoms with Crippen LogP contribution >= 0.6 is 11.6 Å². The molecule has 5 nitrogen and oxygen atoms in total. The lowest BCUT2D eigenvalue weighted by molar-refractivity contribution is -0.115. The monoisotopic (exact) mass is 358 g/mol. The first kappa shape index (κ1) is 16.5. The number of carbonyl (C=O) groups is 1. The number of carbonyl (C=O) groups excluding carboxylic acids is 1. The number of hydrogen-bond donors (Lipinski definition) is 1. The molecule has 1 aliphatic carbocycles. The number of fused-ring (bicyclic) bond motifs is 1. The predicted octanol–water partition coefficient (Wildman–Crippen LogP) is 4.04. The third kappa shape index (κ3) is 3.52. The van der Waals surface area contributed by atoms with E-state index in [1.807, 2.05) is 28.9 Å². The van der Waals surface area contributed by atoms with Crippen molar-refractivity contribution in [2.45, 2.75) is 44.6 Å². The molecule has 25 heavy (non-hydrogen) atoms. The van der Waals surface area contributed by atoms with Gasteiger partial charge in [-0.3, -0.25) is 4.79 Å². The third-order valence-electron chi connectivity index (χ3n) is 5.20. The molecule has 132 valence electrons.